The van der Waals surface area contributed by atoms with Crippen LogP contribution in [-0.2, 0) is 27.1 Å². The molecule has 0 aromatic carbocycles. The third-order valence-corrected chi connectivity index (χ3v) is 7.23. The number of hydrogen-bond donors (Lipinski definition) is 7. The zero-order valence-corrected chi connectivity index (χ0v) is 16.8. The van der Waals surface area contributed by atoms with Crippen LogP contribution in [0.1, 0.15) is 6.92 Å². The van der Waals surface area contributed by atoms with E-state index >= 15 is 0 Å². The lowest BCUT2D eigenvalue weighted by Crippen LogP contribution is -2.36. The highest BCUT2D eigenvalue weighted by Crippen LogP contribution is 2.65. The molecule has 0 aliphatic carbocycles. The molecule has 1 aliphatic rings. The summed E-state index contributed by atoms with van der Waals surface area (Å²) in [6.07, 6.45) is -1.08. The minimum Gasteiger partial charge on any atom is -0.369 e. The Morgan fingerprint density at radius 2 is 1.89 bits per heavy atom. The number of fused-ring (bicyclic) bond motifs is 1. The predicted molar refractivity (Wildman–Crippen MR) is 94.4 cm³/mol. The standard InChI is InChI=1S/C9H18N5O11P3/c1-5(14-3-11-6-7(14)12-9(10)13-8(6)15)2-23-4-26(16,17)24-28(21,22)25-27(18,19)20/h5,11H,2-4H2,1H3,(H,16,17)(H,21,22)(H2,18,19,20)(H3,10,12,13,15). The fourth-order valence-electron chi connectivity index (χ4n) is 2.21. The highest BCUT2D eigenvalue weighted by Gasteiger charge is 2.39. The van der Waals surface area contributed by atoms with Gasteiger partial charge in [0, 0.05) is 0 Å². The number of hydrogen-bond acceptors (Lipinski definition) is 11. The maximum absolute atomic E-state index is 11.8. The molecule has 0 bridgehead atoms. The van der Waals surface area contributed by atoms with E-state index in [0.717, 1.165) is 0 Å². The molecule has 1 aromatic rings. The largest absolute Gasteiger partial charge is 0.488 e. The lowest BCUT2D eigenvalue weighted by molar-refractivity contribution is 0.142. The van der Waals surface area contributed by atoms with Gasteiger partial charge in [-0.1, -0.05) is 0 Å². The van der Waals surface area contributed by atoms with Gasteiger partial charge in [0.05, 0.1) is 19.3 Å². The number of anilines is 3. The van der Waals surface area contributed by atoms with E-state index in [1.165, 1.54) is 0 Å². The Balaban J connectivity index is 1.93. The van der Waals surface area contributed by atoms with Gasteiger partial charge in [0.1, 0.15) is 12.0 Å². The van der Waals surface area contributed by atoms with Crippen molar-refractivity contribution in [2.24, 2.45) is 0 Å². The van der Waals surface area contributed by atoms with Crippen molar-refractivity contribution in [3.05, 3.63) is 10.4 Å². The summed E-state index contributed by atoms with van der Waals surface area (Å²) in [5, 5.41) is 2.81. The maximum atomic E-state index is 11.8. The molecule has 19 heteroatoms. The van der Waals surface area contributed by atoms with E-state index < -0.39 is 41.2 Å². The summed E-state index contributed by atoms with van der Waals surface area (Å²) in [7, 11) is -15.9. The molecule has 8 N–H and O–H groups in total. The van der Waals surface area contributed by atoms with Gasteiger partial charge < -0.3 is 40.3 Å². The molecular formula is C9H18N5O11P3. The molecule has 0 saturated carbocycles. The molecule has 1 aromatic heterocycles. The average molecular weight is 465 g/mol. The minimum absolute atomic E-state index is 0.109. The van der Waals surface area contributed by atoms with Crippen LogP contribution in [0, 0.1) is 0 Å². The summed E-state index contributed by atoms with van der Waals surface area (Å²) < 4.78 is 45.9. The normalized spacial score (nSPS) is 19.4. The Morgan fingerprint density at radius 1 is 1.25 bits per heavy atom. The number of ether oxygens (including phenoxy) is 1. The van der Waals surface area contributed by atoms with Gasteiger partial charge in [0.15, 0.2) is 5.82 Å². The fraction of sp³-hybridized carbons (Fsp3) is 0.556. The first-order valence-electron chi connectivity index (χ1n) is 7.30. The molecule has 2 heterocycles. The number of nitrogens with two attached hydrogens (primary N) is 1. The highest BCUT2D eigenvalue weighted by atomic mass is 31.3. The number of aromatic nitrogens is 2. The first kappa shape index (κ1) is 23.0. The summed E-state index contributed by atoms with van der Waals surface area (Å²) in [6.45, 7) is 1.60. The monoisotopic (exact) mass is 465 g/mol. The Hall–Kier alpha value is -1.31. The molecule has 160 valence electrons. The van der Waals surface area contributed by atoms with Crippen molar-refractivity contribution in [1.82, 2.24) is 9.97 Å². The molecule has 1 aliphatic heterocycles. The van der Waals surface area contributed by atoms with Crippen LogP contribution in [0.2, 0.25) is 0 Å². The topological polar surface area (TPSA) is 247 Å². The second-order valence-corrected chi connectivity index (χ2v) is 10.3. The zero-order valence-electron chi connectivity index (χ0n) is 14.2. The molecule has 3 atom stereocenters. The smallest absolute Gasteiger partial charge is 0.369 e. The number of phosphoric acid groups is 2. The van der Waals surface area contributed by atoms with Gasteiger partial charge in [0.25, 0.3) is 5.56 Å². The van der Waals surface area contributed by atoms with Crippen molar-refractivity contribution >= 4 is 40.7 Å². The van der Waals surface area contributed by atoms with E-state index in [0.29, 0.717) is 0 Å². The highest BCUT2D eigenvalue weighted by molar-refractivity contribution is 7.68. The van der Waals surface area contributed by atoms with E-state index in [2.05, 4.69) is 23.9 Å². The first-order chi connectivity index (χ1) is 12.7. The predicted octanol–water partition coefficient (Wildman–Crippen LogP) is -0.684. The van der Waals surface area contributed by atoms with Crippen LogP contribution in [0.15, 0.2) is 4.79 Å². The number of nitrogens with one attached hydrogen (secondary N) is 2. The van der Waals surface area contributed by atoms with E-state index in [-0.39, 0.29) is 30.7 Å². The third-order valence-electron chi connectivity index (χ3n) is 3.20. The van der Waals surface area contributed by atoms with Gasteiger partial charge >= 0.3 is 23.2 Å². The summed E-state index contributed by atoms with van der Waals surface area (Å²) >= 11 is 0. The maximum Gasteiger partial charge on any atom is 0.488 e. The molecule has 28 heavy (non-hydrogen) atoms. The first-order valence-corrected chi connectivity index (χ1v) is 12.1. The van der Waals surface area contributed by atoms with Crippen LogP contribution < -0.4 is 21.5 Å². The van der Waals surface area contributed by atoms with Crippen LogP contribution in [0.3, 0.4) is 0 Å². The van der Waals surface area contributed by atoms with Crippen LogP contribution in [0.4, 0.5) is 17.5 Å². The van der Waals surface area contributed by atoms with E-state index in [4.69, 9.17) is 25.2 Å². The average Bonchev–Trinajstić information content (AvgIpc) is 2.86. The molecule has 0 radical (unpaired) electrons. The van der Waals surface area contributed by atoms with Crippen molar-refractivity contribution in [1.29, 1.82) is 0 Å². The molecule has 0 amide bonds. The van der Waals surface area contributed by atoms with E-state index in [1.807, 2.05) is 0 Å². The molecule has 3 unspecified atom stereocenters. The summed E-state index contributed by atoms with van der Waals surface area (Å²) in [5.74, 6) is 0.137. The van der Waals surface area contributed by atoms with Crippen molar-refractivity contribution in [2.75, 3.05) is 35.6 Å². The van der Waals surface area contributed by atoms with Crippen molar-refractivity contribution in [3.8, 4) is 0 Å². The van der Waals surface area contributed by atoms with Gasteiger partial charge in [-0.15, -0.1) is 0 Å². The number of nitrogens with zero attached hydrogens (tertiary/aromatic N) is 2. The van der Waals surface area contributed by atoms with Gasteiger partial charge in [-0.25, -0.2) is 13.4 Å². The lowest BCUT2D eigenvalue weighted by Gasteiger charge is -2.25. The number of H-pyrrole nitrogens is 1. The molecule has 16 nitrogen and oxygen atoms in total. The third kappa shape index (κ3) is 6.36. The van der Waals surface area contributed by atoms with Crippen molar-refractivity contribution in [2.45, 2.75) is 13.0 Å². The molecule has 2 rings (SSSR count). The van der Waals surface area contributed by atoms with E-state index in [1.54, 1.807) is 11.8 Å². The quantitative estimate of drug-likeness (QED) is 0.223. The molecule has 0 fully saturated rings. The minimum atomic E-state index is -5.51. The van der Waals surface area contributed by atoms with Crippen molar-refractivity contribution in [3.63, 3.8) is 0 Å². The fourth-order valence-corrected chi connectivity index (χ4v) is 5.49. The van der Waals surface area contributed by atoms with Crippen LogP contribution in [0.5, 0.6) is 0 Å². The zero-order chi connectivity index (χ0) is 21.3. The Bertz CT molecular complexity index is 931. The Labute approximate surface area is 157 Å². The van der Waals surface area contributed by atoms with Gasteiger partial charge in [0.2, 0.25) is 5.95 Å². The van der Waals surface area contributed by atoms with Crippen molar-refractivity contribution < 1.29 is 46.6 Å². The SMILES string of the molecule is CC(COCP(=O)(O)OP(=O)(O)OP(=O)(O)O)N1CNc2c1nc(N)[nH]c2=O. The van der Waals surface area contributed by atoms with Gasteiger partial charge in [-0.2, -0.15) is 9.29 Å². The number of aromatic amines is 1. The van der Waals surface area contributed by atoms with Crippen LogP contribution >= 0.6 is 23.2 Å². The molecule has 0 spiro atoms. The Morgan fingerprint density at radius 3 is 2.50 bits per heavy atom. The summed E-state index contributed by atoms with van der Waals surface area (Å²) in [4.78, 5) is 55.2. The second kappa shape index (κ2) is 8.20. The Kier molecular flexibility index (Phi) is 6.73. The lowest BCUT2D eigenvalue weighted by atomic mass is 10.3. The summed E-state index contributed by atoms with van der Waals surface area (Å²) in [5.41, 5.74) is 5.21. The summed E-state index contributed by atoms with van der Waals surface area (Å²) in [6, 6.07) is -0.491. The second-order valence-electron chi connectivity index (χ2n) is 5.56. The van der Waals surface area contributed by atoms with Crippen LogP contribution in [-0.4, -0.2) is 55.2 Å². The van der Waals surface area contributed by atoms with E-state index in [9.17, 15) is 23.4 Å². The number of rotatable bonds is 9. The number of nitrogen functional groups attached to an aromatic ring is 1. The molecule has 0 saturated heterocycles. The van der Waals surface area contributed by atoms with Gasteiger partial charge in [-0.3, -0.25) is 14.3 Å². The van der Waals surface area contributed by atoms with Gasteiger partial charge in [-0.05, 0) is 6.92 Å². The van der Waals surface area contributed by atoms with Crippen LogP contribution in [0.25, 0.3) is 0 Å². The molecular weight excluding hydrogens is 447 g/mol.